The highest BCUT2D eigenvalue weighted by molar-refractivity contribution is 6.39. The van der Waals surface area contributed by atoms with Gasteiger partial charge in [-0.1, -0.05) is 98.3 Å². The van der Waals surface area contributed by atoms with Crippen LogP contribution in [0.15, 0.2) is 18.2 Å². The number of hydrogen-bond acceptors (Lipinski definition) is 1. The fourth-order valence-corrected chi connectivity index (χ4v) is 5.75. The molecule has 32 heavy (non-hydrogen) atoms. The van der Waals surface area contributed by atoms with Crippen molar-refractivity contribution in [2.75, 3.05) is 0 Å². The smallest absolute Gasteiger partial charge is 0.142 e. The van der Waals surface area contributed by atoms with Gasteiger partial charge < -0.3 is 0 Å². The van der Waals surface area contributed by atoms with Crippen molar-refractivity contribution in [2.45, 2.75) is 111 Å². The molecule has 0 spiro atoms. The van der Waals surface area contributed by atoms with E-state index in [1.165, 1.54) is 43.2 Å². The zero-order valence-corrected chi connectivity index (χ0v) is 21.9. The highest BCUT2D eigenvalue weighted by Gasteiger charge is 2.33. The van der Waals surface area contributed by atoms with Gasteiger partial charge in [-0.2, -0.15) is 0 Å². The Hall–Kier alpha value is -1.50. The van der Waals surface area contributed by atoms with Gasteiger partial charge in [0.05, 0.1) is 5.69 Å². The fraction of sp³-hybridized carbons (Fsp3) is 0.621. The molecule has 168 valence electrons. The van der Waals surface area contributed by atoms with Crippen molar-refractivity contribution in [3.05, 3.63) is 40.5 Å². The first kappa shape index (κ1) is 25.1. The molecule has 0 aliphatic heterocycles. The first-order chi connectivity index (χ1) is 14.7. The van der Waals surface area contributed by atoms with Gasteiger partial charge in [0.25, 0.3) is 0 Å². The molecule has 1 heterocycles. The fourth-order valence-electron chi connectivity index (χ4n) is 5.75. The molecule has 1 aliphatic rings. The summed E-state index contributed by atoms with van der Waals surface area (Å²) in [7, 11) is 13.5. The number of nitrogens with zero attached hydrogens (tertiary/aromatic N) is 1. The van der Waals surface area contributed by atoms with Gasteiger partial charge in [-0.3, -0.25) is 4.98 Å². The summed E-state index contributed by atoms with van der Waals surface area (Å²) in [5, 5.41) is 0. The molecule has 1 aliphatic carbocycles. The zero-order chi connectivity index (χ0) is 24.1. The Labute approximate surface area is 200 Å². The topological polar surface area (TPSA) is 12.9 Å². The van der Waals surface area contributed by atoms with Gasteiger partial charge in [0.2, 0.25) is 0 Å². The first-order valence-corrected chi connectivity index (χ1v) is 12.4. The molecule has 1 aromatic heterocycles. The molecule has 4 radical (unpaired) electrons. The SMILES string of the molecule is [B]c1nc(-c2ccc(C(C)(C)C3CCCCC3)cc2C)c([B])c(C(C)(C)C)c1C(C)(C)C. The summed E-state index contributed by atoms with van der Waals surface area (Å²) in [6, 6.07) is 6.87. The van der Waals surface area contributed by atoms with Crippen LogP contribution in [0.5, 0.6) is 0 Å². The van der Waals surface area contributed by atoms with E-state index in [9.17, 15) is 0 Å². The van der Waals surface area contributed by atoms with E-state index in [4.69, 9.17) is 20.7 Å². The molecule has 3 heteroatoms. The average Bonchev–Trinajstić information content (AvgIpc) is 2.68. The van der Waals surface area contributed by atoms with E-state index in [0.29, 0.717) is 5.59 Å². The summed E-state index contributed by atoms with van der Waals surface area (Å²) in [5.74, 6) is 0.749. The molecule has 1 fully saturated rings. The maximum Gasteiger partial charge on any atom is 0.142 e. The number of rotatable bonds is 3. The molecule has 0 saturated heterocycles. The zero-order valence-electron chi connectivity index (χ0n) is 21.9. The molecular weight excluding hydrogens is 384 g/mol. The summed E-state index contributed by atoms with van der Waals surface area (Å²) in [5.41, 5.74) is 8.00. The third kappa shape index (κ3) is 4.73. The standard InChI is InChI=1S/C29H41B2N/c1-18-17-20(29(8,9)19-13-11-10-12-14-19)15-16-21(18)25-24(30)22(27(2,3)4)23(26(31)32-25)28(5,6)7/h15-17,19H,10-14H2,1-9H3. The van der Waals surface area contributed by atoms with Crippen LogP contribution in [-0.4, -0.2) is 20.7 Å². The van der Waals surface area contributed by atoms with Crippen LogP contribution >= 0.6 is 0 Å². The van der Waals surface area contributed by atoms with Crippen molar-refractivity contribution < 1.29 is 0 Å². The molecule has 0 N–H and O–H groups in total. The Balaban J connectivity index is 2.14. The first-order valence-electron chi connectivity index (χ1n) is 12.4. The van der Waals surface area contributed by atoms with Crippen molar-refractivity contribution in [3.63, 3.8) is 0 Å². The number of aryl methyl sites for hydroxylation is 1. The number of hydrogen-bond donors (Lipinski definition) is 0. The molecule has 0 unspecified atom stereocenters. The normalized spacial score (nSPS) is 16.4. The third-order valence-electron chi connectivity index (χ3n) is 7.61. The quantitative estimate of drug-likeness (QED) is 0.542. The van der Waals surface area contributed by atoms with Gasteiger partial charge in [0.15, 0.2) is 0 Å². The van der Waals surface area contributed by atoms with E-state index in [1.54, 1.807) is 0 Å². The van der Waals surface area contributed by atoms with Gasteiger partial charge in [-0.05, 0) is 69.8 Å². The summed E-state index contributed by atoms with van der Waals surface area (Å²) < 4.78 is 0. The highest BCUT2D eigenvalue weighted by atomic mass is 14.7. The van der Waals surface area contributed by atoms with E-state index < -0.39 is 0 Å². The molecule has 0 atom stereocenters. The van der Waals surface area contributed by atoms with Crippen LogP contribution in [0.4, 0.5) is 0 Å². The lowest BCUT2D eigenvalue weighted by Crippen LogP contribution is -2.39. The van der Waals surface area contributed by atoms with Crippen LogP contribution in [0.25, 0.3) is 11.3 Å². The monoisotopic (exact) mass is 425 g/mol. The van der Waals surface area contributed by atoms with Crippen LogP contribution in [-0.2, 0) is 16.2 Å². The number of pyridine rings is 1. The lowest BCUT2D eigenvalue weighted by atomic mass is 9.65. The second kappa shape index (κ2) is 8.69. The van der Waals surface area contributed by atoms with E-state index in [-0.39, 0.29) is 16.2 Å². The molecule has 2 aromatic rings. The van der Waals surface area contributed by atoms with E-state index in [1.807, 2.05) is 0 Å². The molecular formula is C29H41B2N. The van der Waals surface area contributed by atoms with Gasteiger partial charge in [-0.15, -0.1) is 0 Å². The average molecular weight is 425 g/mol. The van der Waals surface area contributed by atoms with Crippen LogP contribution in [0.2, 0.25) is 0 Å². The van der Waals surface area contributed by atoms with Gasteiger partial charge in [-0.25, -0.2) is 0 Å². The second-order valence-corrected chi connectivity index (χ2v) is 12.6. The lowest BCUT2D eigenvalue weighted by Gasteiger charge is -2.38. The Bertz CT molecular complexity index is 984. The van der Waals surface area contributed by atoms with Crippen molar-refractivity contribution in [2.24, 2.45) is 5.92 Å². The molecule has 0 amide bonds. The van der Waals surface area contributed by atoms with Gasteiger partial charge >= 0.3 is 0 Å². The Morgan fingerprint density at radius 3 is 1.88 bits per heavy atom. The highest BCUT2D eigenvalue weighted by Crippen LogP contribution is 2.42. The van der Waals surface area contributed by atoms with Crippen molar-refractivity contribution in [1.82, 2.24) is 4.98 Å². The van der Waals surface area contributed by atoms with Crippen LogP contribution < -0.4 is 11.1 Å². The van der Waals surface area contributed by atoms with Crippen LogP contribution in [0.3, 0.4) is 0 Å². The molecule has 1 saturated carbocycles. The minimum Gasteiger partial charge on any atom is -0.265 e. The summed E-state index contributed by atoms with van der Waals surface area (Å²) >= 11 is 0. The molecule has 0 bridgehead atoms. The van der Waals surface area contributed by atoms with Crippen molar-refractivity contribution in [3.8, 4) is 11.3 Å². The van der Waals surface area contributed by atoms with Crippen molar-refractivity contribution in [1.29, 1.82) is 0 Å². The lowest BCUT2D eigenvalue weighted by molar-refractivity contribution is 0.236. The molecule has 1 aromatic carbocycles. The maximum atomic E-state index is 6.86. The Morgan fingerprint density at radius 1 is 0.812 bits per heavy atom. The minimum absolute atomic E-state index is 0.130. The van der Waals surface area contributed by atoms with Crippen LogP contribution in [0.1, 0.15) is 110 Å². The van der Waals surface area contributed by atoms with Gasteiger partial charge in [0.1, 0.15) is 15.7 Å². The van der Waals surface area contributed by atoms with Gasteiger partial charge in [0, 0.05) is 5.56 Å². The van der Waals surface area contributed by atoms with E-state index in [0.717, 1.165) is 33.8 Å². The second-order valence-electron chi connectivity index (χ2n) is 12.6. The third-order valence-corrected chi connectivity index (χ3v) is 7.61. The summed E-state index contributed by atoms with van der Waals surface area (Å²) in [6.07, 6.45) is 6.78. The predicted molar refractivity (Wildman–Crippen MR) is 142 cm³/mol. The van der Waals surface area contributed by atoms with Crippen molar-refractivity contribution >= 4 is 26.7 Å². The number of benzene rings is 1. The Morgan fingerprint density at radius 2 is 1.38 bits per heavy atom. The van der Waals surface area contributed by atoms with E-state index >= 15 is 0 Å². The van der Waals surface area contributed by atoms with E-state index in [2.05, 4.69) is 80.5 Å². The summed E-state index contributed by atoms with van der Waals surface area (Å²) in [6.45, 7) is 20.2. The Kier molecular flexibility index (Phi) is 6.83. The van der Waals surface area contributed by atoms with Crippen LogP contribution in [0, 0.1) is 12.8 Å². The summed E-state index contributed by atoms with van der Waals surface area (Å²) in [4.78, 5) is 4.88. The number of aromatic nitrogens is 1. The largest absolute Gasteiger partial charge is 0.265 e. The maximum absolute atomic E-state index is 6.86. The predicted octanol–water partition coefficient (Wildman–Crippen LogP) is 6.10. The molecule has 1 nitrogen and oxygen atoms in total. The minimum atomic E-state index is -0.130. The molecule has 3 rings (SSSR count).